The van der Waals surface area contributed by atoms with Crippen LogP contribution in [0.3, 0.4) is 0 Å². The lowest BCUT2D eigenvalue weighted by molar-refractivity contribution is 0.0209. The number of aliphatic hydroxyl groups excluding tert-OH is 1. The minimum absolute atomic E-state index is 0.0566. The van der Waals surface area contributed by atoms with E-state index < -0.39 is 6.10 Å². The van der Waals surface area contributed by atoms with Crippen LogP contribution in [0.5, 0.6) is 0 Å². The molecule has 0 unspecified atom stereocenters. The lowest BCUT2D eigenvalue weighted by Gasteiger charge is -2.34. The van der Waals surface area contributed by atoms with E-state index in [1.165, 1.54) is 17.5 Å². The fourth-order valence-corrected chi connectivity index (χ4v) is 4.34. The number of amides is 1. The first kappa shape index (κ1) is 18.5. The summed E-state index contributed by atoms with van der Waals surface area (Å²) >= 11 is 0. The zero-order valence-electron chi connectivity index (χ0n) is 16.2. The molecule has 0 aliphatic carbocycles. The van der Waals surface area contributed by atoms with Gasteiger partial charge in [0.05, 0.1) is 31.4 Å². The molecule has 2 aromatic rings. The number of aliphatic hydroxyl groups is 1. The maximum absolute atomic E-state index is 13.0. The monoisotopic (exact) mass is 395 g/mol. The van der Waals surface area contributed by atoms with Crippen molar-refractivity contribution in [1.29, 1.82) is 0 Å². The Morgan fingerprint density at radius 1 is 1.17 bits per heavy atom. The molecule has 2 fully saturated rings. The van der Waals surface area contributed by atoms with Gasteiger partial charge in [-0.3, -0.25) is 9.69 Å². The maximum Gasteiger partial charge on any atom is 0.272 e. The van der Waals surface area contributed by atoms with Gasteiger partial charge in [0.1, 0.15) is 17.8 Å². The summed E-state index contributed by atoms with van der Waals surface area (Å²) < 4.78 is 5.16. The Balaban J connectivity index is 1.26. The van der Waals surface area contributed by atoms with E-state index >= 15 is 0 Å². The molecule has 5 rings (SSSR count). The van der Waals surface area contributed by atoms with E-state index in [2.05, 4.69) is 44.5 Å². The summed E-state index contributed by atoms with van der Waals surface area (Å²) in [6, 6.07) is 10.3. The summed E-state index contributed by atoms with van der Waals surface area (Å²) in [5.41, 5.74) is 3.03. The zero-order chi connectivity index (χ0) is 19.8. The number of hydrogen-bond donors (Lipinski definition) is 2. The molecule has 4 heterocycles. The Hall–Kier alpha value is -2.55. The van der Waals surface area contributed by atoms with Crippen molar-refractivity contribution in [3.05, 3.63) is 53.5 Å². The predicted molar refractivity (Wildman–Crippen MR) is 107 cm³/mol. The molecule has 8 nitrogen and oxygen atoms in total. The summed E-state index contributed by atoms with van der Waals surface area (Å²) in [5, 5.41) is 13.9. The van der Waals surface area contributed by atoms with Crippen LogP contribution in [0, 0.1) is 0 Å². The van der Waals surface area contributed by atoms with Crippen LogP contribution in [-0.4, -0.2) is 81.8 Å². The van der Waals surface area contributed by atoms with E-state index in [-0.39, 0.29) is 18.0 Å². The lowest BCUT2D eigenvalue weighted by Crippen LogP contribution is -2.45. The Bertz CT molecular complexity index is 903. The molecule has 0 bridgehead atoms. The Morgan fingerprint density at radius 3 is 2.79 bits per heavy atom. The van der Waals surface area contributed by atoms with Gasteiger partial charge in [0.25, 0.3) is 5.91 Å². The number of benzene rings is 1. The van der Waals surface area contributed by atoms with E-state index in [4.69, 9.17) is 4.74 Å². The summed E-state index contributed by atoms with van der Waals surface area (Å²) in [4.78, 5) is 25.3. The van der Waals surface area contributed by atoms with Crippen LogP contribution in [-0.2, 0) is 17.7 Å². The van der Waals surface area contributed by atoms with E-state index in [0.717, 1.165) is 19.5 Å². The van der Waals surface area contributed by atoms with Gasteiger partial charge in [-0.15, -0.1) is 0 Å². The molecule has 2 saturated heterocycles. The number of carbonyl (C=O) groups is 1. The SMILES string of the molecule is O=C(c1cc(NC2COC2)ncn1)N1C[C@@H](O)[C@H](N2CCc3ccccc3C2)C1. The van der Waals surface area contributed by atoms with Crippen molar-refractivity contribution in [2.24, 2.45) is 0 Å². The van der Waals surface area contributed by atoms with Crippen molar-refractivity contribution in [2.45, 2.75) is 31.2 Å². The van der Waals surface area contributed by atoms with Gasteiger partial charge in [0.15, 0.2) is 0 Å². The highest BCUT2D eigenvalue weighted by molar-refractivity contribution is 5.93. The second-order valence-electron chi connectivity index (χ2n) is 8.00. The number of fused-ring (bicyclic) bond motifs is 1. The topological polar surface area (TPSA) is 90.8 Å². The Morgan fingerprint density at radius 2 is 2.00 bits per heavy atom. The quantitative estimate of drug-likeness (QED) is 0.780. The van der Waals surface area contributed by atoms with E-state index in [1.54, 1.807) is 11.0 Å². The van der Waals surface area contributed by atoms with Gasteiger partial charge in [-0.1, -0.05) is 24.3 Å². The molecule has 29 heavy (non-hydrogen) atoms. The normalized spacial score (nSPS) is 24.8. The van der Waals surface area contributed by atoms with Crippen molar-refractivity contribution < 1.29 is 14.6 Å². The number of likely N-dealkylation sites (tertiary alicyclic amines) is 1. The molecule has 0 radical (unpaired) electrons. The zero-order valence-corrected chi connectivity index (χ0v) is 16.2. The van der Waals surface area contributed by atoms with Crippen LogP contribution < -0.4 is 5.32 Å². The fourth-order valence-electron chi connectivity index (χ4n) is 4.34. The number of hydrogen-bond acceptors (Lipinski definition) is 7. The van der Waals surface area contributed by atoms with Gasteiger partial charge in [0, 0.05) is 32.2 Å². The number of aromatic nitrogens is 2. The number of rotatable bonds is 4. The molecule has 8 heteroatoms. The molecule has 1 amide bonds. The molecule has 2 atom stereocenters. The van der Waals surface area contributed by atoms with E-state index in [9.17, 15) is 9.90 Å². The van der Waals surface area contributed by atoms with Crippen LogP contribution in [0.25, 0.3) is 0 Å². The van der Waals surface area contributed by atoms with Crippen molar-refractivity contribution in [3.8, 4) is 0 Å². The average molecular weight is 395 g/mol. The highest BCUT2D eigenvalue weighted by Crippen LogP contribution is 2.25. The van der Waals surface area contributed by atoms with Crippen LogP contribution in [0.4, 0.5) is 5.82 Å². The number of nitrogens with zero attached hydrogens (tertiary/aromatic N) is 4. The largest absolute Gasteiger partial charge is 0.390 e. The number of nitrogens with one attached hydrogen (secondary N) is 1. The van der Waals surface area contributed by atoms with Gasteiger partial charge in [0.2, 0.25) is 0 Å². The summed E-state index contributed by atoms with van der Waals surface area (Å²) in [6.45, 7) is 3.82. The third-order valence-corrected chi connectivity index (χ3v) is 6.05. The van der Waals surface area contributed by atoms with Gasteiger partial charge in [-0.05, 0) is 17.5 Å². The third-order valence-electron chi connectivity index (χ3n) is 6.05. The van der Waals surface area contributed by atoms with Crippen molar-refractivity contribution in [2.75, 3.05) is 38.2 Å². The average Bonchev–Trinajstić information content (AvgIpc) is 3.11. The molecule has 0 saturated carbocycles. The predicted octanol–water partition coefficient (Wildman–Crippen LogP) is 0.531. The summed E-state index contributed by atoms with van der Waals surface area (Å²) in [5.74, 6) is 0.458. The summed E-state index contributed by atoms with van der Waals surface area (Å²) in [6.07, 6.45) is 1.82. The first-order valence-corrected chi connectivity index (χ1v) is 10.1. The standard InChI is InChI=1S/C21H25N5O3/c27-19-10-26(9-18(19)25-6-5-14-3-1-2-4-15(14)8-25)21(28)17-7-20(23-13-22-17)24-16-11-29-12-16/h1-4,7,13,16,18-19,27H,5-6,8-12H2,(H,22,23,24)/t18-,19-/m1/s1. The number of anilines is 1. The van der Waals surface area contributed by atoms with Crippen LogP contribution >= 0.6 is 0 Å². The third kappa shape index (κ3) is 3.71. The molecule has 0 spiro atoms. The number of carbonyl (C=O) groups excluding carboxylic acids is 1. The molecular formula is C21H25N5O3. The highest BCUT2D eigenvalue weighted by Gasteiger charge is 2.39. The van der Waals surface area contributed by atoms with Crippen molar-refractivity contribution in [3.63, 3.8) is 0 Å². The van der Waals surface area contributed by atoms with Crippen LogP contribution in [0.15, 0.2) is 36.7 Å². The smallest absolute Gasteiger partial charge is 0.272 e. The molecular weight excluding hydrogens is 370 g/mol. The fraction of sp³-hybridized carbons (Fsp3) is 0.476. The molecule has 3 aliphatic rings. The van der Waals surface area contributed by atoms with Gasteiger partial charge in [-0.2, -0.15) is 0 Å². The van der Waals surface area contributed by atoms with Crippen molar-refractivity contribution in [1.82, 2.24) is 19.8 Å². The first-order chi connectivity index (χ1) is 14.2. The maximum atomic E-state index is 13.0. The highest BCUT2D eigenvalue weighted by atomic mass is 16.5. The minimum Gasteiger partial charge on any atom is -0.390 e. The molecule has 1 aromatic heterocycles. The van der Waals surface area contributed by atoms with Gasteiger partial charge >= 0.3 is 0 Å². The number of β-amino-alcohol motifs (C(OH)–C–C–N with tert-alkyl or cyclic N) is 1. The minimum atomic E-state index is -0.559. The second-order valence-corrected chi connectivity index (χ2v) is 8.00. The molecule has 152 valence electrons. The molecule has 3 aliphatic heterocycles. The van der Waals surface area contributed by atoms with Gasteiger partial charge < -0.3 is 20.1 Å². The van der Waals surface area contributed by atoms with Crippen molar-refractivity contribution >= 4 is 11.7 Å². The summed E-state index contributed by atoms with van der Waals surface area (Å²) in [7, 11) is 0. The van der Waals surface area contributed by atoms with Crippen LogP contribution in [0.1, 0.15) is 21.6 Å². The second kappa shape index (κ2) is 7.70. The lowest BCUT2D eigenvalue weighted by atomic mass is 9.98. The van der Waals surface area contributed by atoms with E-state index in [0.29, 0.717) is 37.8 Å². The molecule has 2 N–H and O–H groups in total. The Kier molecular flexibility index (Phi) is 4.91. The Labute approximate surface area is 169 Å². The molecule has 1 aromatic carbocycles. The first-order valence-electron chi connectivity index (χ1n) is 10.1. The number of ether oxygens (including phenoxy) is 1. The van der Waals surface area contributed by atoms with E-state index in [1.807, 2.05) is 0 Å². The van der Waals surface area contributed by atoms with Gasteiger partial charge in [-0.25, -0.2) is 9.97 Å². The van der Waals surface area contributed by atoms with Crippen LogP contribution in [0.2, 0.25) is 0 Å².